The number of hydrogen-bond donors (Lipinski definition) is 1. The minimum absolute atomic E-state index is 0.213. The smallest absolute Gasteiger partial charge is 0.329 e. The maximum atomic E-state index is 12.8. The largest absolute Gasteiger partial charge is 0.454 e. The molecule has 3 aromatic carbocycles. The van der Waals surface area contributed by atoms with Crippen molar-refractivity contribution in [3.05, 3.63) is 101 Å². The number of carbonyl (C=O) groups is 5. The van der Waals surface area contributed by atoms with Crippen molar-refractivity contribution in [1.29, 1.82) is 0 Å². The average molecular weight is 456 g/mol. The molecule has 1 heterocycles. The van der Waals surface area contributed by atoms with E-state index < -0.39 is 36.3 Å². The van der Waals surface area contributed by atoms with Crippen molar-refractivity contribution in [1.82, 2.24) is 4.90 Å². The van der Waals surface area contributed by atoms with Crippen molar-refractivity contribution >= 4 is 35.2 Å². The van der Waals surface area contributed by atoms with Crippen LogP contribution in [0.3, 0.4) is 0 Å². The zero-order valence-corrected chi connectivity index (χ0v) is 18.2. The number of nitrogens with zero attached hydrogens (tertiary/aromatic N) is 1. The van der Waals surface area contributed by atoms with Crippen LogP contribution in [-0.2, 0) is 14.3 Å². The van der Waals surface area contributed by atoms with Gasteiger partial charge in [-0.2, -0.15) is 0 Å². The SMILES string of the molecule is CC(C(=O)OCC(=O)Nc1ccccc1C(=O)c1ccccc1)N1C(=O)c2ccccc2C1=O. The van der Waals surface area contributed by atoms with Crippen LogP contribution >= 0.6 is 0 Å². The summed E-state index contributed by atoms with van der Waals surface area (Å²) >= 11 is 0. The quantitative estimate of drug-likeness (QED) is 0.332. The summed E-state index contributed by atoms with van der Waals surface area (Å²) in [5, 5.41) is 2.57. The van der Waals surface area contributed by atoms with E-state index in [-0.39, 0.29) is 28.2 Å². The van der Waals surface area contributed by atoms with Gasteiger partial charge in [-0.05, 0) is 31.2 Å². The summed E-state index contributed by atoms with van der Waals surface area (Å²) in [6, 6.07) is 20.2. The van der Waals surface area contributed by atoms with Gasteiger partial charge in [-0.1, -0.05) is 54.6 Å². The summed E-state index contributed by atoms with van der Waals surface area (Å²) in [7, 11) is 0. The second-order valence-electron chi connectivity index (χ2n) is 7.60. The first kappa shape index (κ1) is 22.6. The number of benzene rings is 3. The molecule has 0 fully saturated rings. The number of ether oxygens (including phenoxy) is 1. The van der Waals surface area contributed by atoms with Crippen molar-refractivity contribution < 1.29 is 28.7 Å². The lowest BCUT2D eigenvalue weighted by molar-refractivity contribution is -0.150. The van der Waals surface area contributed by atoms with E-state index in [1.807, 2.05) is 0 Å². The molecule has 3 aromatic rings. The highest BCUT2D eigenvalue weighted by Gasteiger charge is 2.41. The number of hydrogen-bond acceptors (Lipinski definition) is 6. The number of rotatable bonds is 7. The Morgan fingerprint density at radius 3 is 2.03 bits per heavy atom. The lowest BCUT2D eigenvalue weighted by Crippen LogP contribution is -2.44. The number of imide groups is 1. The fourth-order valence-electron chi connectivity index (χ4n) is 3.64. The minimum Gasteiger partial charge on any atom is -0.454 e. The Morgan fingerprint density at radius 2 is 1.38 bits per heavy atom. The zero-order valence-electron chi connectivity index (χ0n) is 18.2. The molecule has 4 rings (SSSR count). The van der Waals surface area contributed by atoms with Crippen LogP contribution in [0.15, 0.2) is 78.9 Å². The first-order valence-corrected chi connectivity index (χ1v) is 10.5. The van der Waals surface area contributed by atoms with E-state index in [2.05, 4.69) is 5.32 Å². The van der Waals surface area contributed by atoms with Crippen LogP contribution < -0.4 is 5.32 Å². The van der Waals surface area contributed by atoms with Crippen LogP contribution in [0, 0.1) is 0 Å². The van der Waals surface area contributed by atoms with E-state index in [1.54, 1.807) is 66.7 Å². The maximum absolute atomic E-state index is 12.8. The molecule has 0 radical (unpaired) electrons. The molecule has 34 heavy (non-hydrogen) atoms. The number of esters is 1. The second kappa shape index (κ2) is 9.50. The average Bonchev–Trinajstić information content (AvgIpc) is 3.12. The normalized spacial score (nSPS) is 13.3. The predicted octanol–water partition coefficient (Wildman–Crippen LogP) is 3.08. The molecular weight excluding hydrogens is 436 g/mol. The Kier molecular flexibility index (Phi) is 6.31. The second-order valence-corrected chi connectivity index (χ2v) is 7.60. The highest BCUT2D eigenvalue weighted by Crippen LogP contribution is 2.25. The molecule has 3 amide bonds. The number of nitrogens with one attached hydrogen (secondary N) is 1. The molecule has 1 N–H and O–H groups in total. The fourth-order valence-corrected chi connectivity index (χ4v) is 3.64. The third kappa shape index (κ3) is 4.33. The number of ketones is 1. The molecule has 1 atom stereocenters. The van der Waals surface area contributed by atoms with Gasteiger partial charge in [-0.25, -0.2) is 4.79 Å². The van der Waals surface area contributed by atoms with Gasteiger partial charge in [0.15, 0.2) is 12.4 Å². The first-order valence-electron chi connectivity index (χ1n) is 10.5. The van der Waals surface area contributed by atoms with E-state index in [4.69, 9.17) is 4.74 Å². The molecule has 8 nitrogen and oxygen atoms in total. The van der Waals surface area contributed by atoms with E-state index >= 15 is 0 Å². The van der Waals surface area contributed by atoms with Crippen LogP contribution in [0.25, 0.3) is 0 Å². The summed E-state index contributed by atoms with van der Waals surface area (Å²) in [6.07, 6.45) is 0. The number of carbonyl (C=O) groups excluding carboxylic acids is 5. The summed E-state index contributed by atoms with van der Waals surface area (Å²) in [5.74, 6) is -3.03. The van der Waals surface area contributed by atoms with Crippen molar-refractivity contribution in [2.24, 2.45) is 0 Å². The molecule has 0 saturated carbocycles. The number of fused-ring (bicyclic) bond motifs is 1. The first-order chi connectivity index (χ1) is 16.4. The molecule has 0 aliphatic carbocycles. The van der Waals surface area contributed by atoms with E-state index in [0.717, 1.165) is 4.90 Å². The number of anilines is 1. The van der Waals surface area contributed by atoms with Crippen LogP contribution in [0.5, 0.6) is 0 Å². The molecule has 170 valence electrons. The Balaban J connectivity index is 1.39. The number of para-hydroxylation sites is 1. The van der Waals surface area contributed by atoms with Crippen molar-refractivity contribution in [3.8, 4) is 0 Å². The highest BCUT2D eigenvalue weighted by molar-refractivity contribution is 6.22. The van der Waals surface area contributed by atoms with Gasteiger partial charge in [0, 0.05) is 11.1 Å². The Morgan fingerprint density at radius 1 is 0.824 bits per heavy atom. The molecule has 1 aliphatic heterocycles. The predicted molar refractivity (Wildman–Crippen MR) is 122 cm³/mol. The Labute approximate surface area is 195 Å². The Bertz CT molecular complexity index is 1270. The van der Waals surface area contributed by atoms with E-state index in [9.17, 15) is 24.0 Å². The van der Waals surface area contributed by atoms with Crippen LogP contribution in [0.4, 0.5) is 5.69 Å². The summed E-state index contributed by atoms with van der Waals surface area (Å²) in [4.78, 5) is 63.6. The summed E-state index contributed by atoms with van der Waals surface area (Å²) < 4.78 is 5.05. The molecule has 0 saturated heterocycles. The van der Waals surface area contributed by atoms with E-state index in [0.29, 0.717) is 5.56 Å². The summed E-state index contributed by atoms with van der Waals surface area (Å²) in [5.41, 5.74) is 1.44. The van der Waals surface area contributed by atoms with Gasteiger partial charge in [0.05, 0.1) is 16.8 Å². The highest BCUT2D eigenvalue weighted by atomic mass is 16.5. The lowest BCUT2D eigenvalue weighted by Gasteiger charge is -2.20. The summed E-state index contributed by atoms with van der Waals surface area (Å²) in [6.45, 7) is 0.704. The monoisotopic (exact) mass is 456 g/mol. The van der Waals surface area contributed by atoms with Crippen molar-refractivity contribution in [3.63, 3.8) is 0 Å². The van der Waals surface area contributed by atoms with Gasteiger partial charge in [-0.15, -0.1) is 0 Å². The fraction of sp³-hybridized carbons (Fsp3) is 0.115. The Hall–Kier alpha value is -4.59. The topological polar surface area (TPSA) is 110 Å². The van der Waals surface area contributed by atoms with Gasteiger partial charge in [-0.3, -0.25) is 24.1 Å². The van der Waals surface area contributed by atoms with Gasteiger partial charge in [0.25, 0.3) is 17.7 Å². The van der Waals surface area contributed by atoms with Crippen LogP contribution in [0.1, 0.15) is 43.6 Å². The molecule has 1 unspecified atom stereocenters. The van der Waals surface area contributed by atoms with E-state index in [1.165, 1.54) is 19.1 Å². The molecule has 1 aliphatic rings. The number of amides is 3. The molecule has 0 aromatic heterocycles. The van der Waals surface area contributed by atoms with Crippen LogP contribution in [-0.4, -0.2) is 47.0 Å². The molecular formula is C26H20N2O6. The lowest BCUT2D eigenvalue weighted by atomic mass is 10.0. The van der Waals surface area contributed by atoms with Crippen LogP contribution in [0.2, 0.25) is 0 Å². The van der Waals surface area contributed by atoms with Gasteiger partial charge in [0.1, 0.15) is 6.04 Å². The van der Waals surface area contributed by atoms with Gasteiger partial charge < -0.3 is 10.1 Å². The molecule has 0 bridgehead atoms. The minimum atomic E-state index is -1.22. The maximum Gasteiger partial charge on any atom is 0.329 e. The zero-order chi connectivity index (χ0) is 24.2. The standard InChI is InChI=1S/C26H20N2O6/c1-16(28-24(31)18-11-5-6-12-19(18)25(28)32)26(33)34-15-22(29)27-21-14-8-7-13-20(21)23(30)17-9-3-2-4-10-17/h2-14,16H,15H2,1H3,(H,27,29). The third-order valence-corrected chi connectivity index (χ3v) is 5.38. The molecule has 8 heteroatoms. The van der Waals surface area contributed by atoms with Crippen molar-refractivity contribution in [2.45, 2.75) is 13.0 Å². The molecule has 0 spiro atoms. The van der Waals surface area contributed by atoms with Gasteiger partial charge >= 0.3 is 5.97 Å². The third-order valence-electron chi connectivity index (χ3n) is 5.38. The van der Waals surface area contributed by atoms with Crippen molar-refractivity contribution in [2.75, 3.05) is 11.9 Å². The van der Waals surface area contributed by atoms with Gasteiger partial charge in [0.2, 0.25) is 0 Å².